The fourth-order valence-corrected chi connectivity index (χ4v) is 4.04. The summed E-state index contributed by atoms with van der Waals surface area (Å²) in [5.74, 6) is -0.558. The molecule has 0 bridgehead atoms. The molecule has 1 saturated carbocycles. The number of hydrogen-bond acceptors (Lipinski definition) is 4. The molecule has 1 aliphatic carbocycles. The van der Waals surface area contributed by atoms with Gasteiger partial charge in [-0.2, -0.15) is 0 Å². The van der Waals surface area contributed by atoms with Crippen molar-refractivity contribution in [3.05, 3.63) is 83.7 Å². The van der Waals surface area contributed by atoms with Crippen molar-refractivity contribution in [1.29, 1.82) is 0 Å². The van der Waals surface area contributed by atoms with Crippen LogP contribution in [0.15, 0.2) is 61.1 Å². The van der Waals surface area contributed by atoms with E-state index in [9.17, 15) is 14.3 Å². The zero-order valence-electron chi connectivity index (χ0n) is 17.3. The number of carbonyl (C=O) groups excluding carboxylic acids is 1. The molecule has 31 heavy (non-hydrogen) atoms. The molecule has 2 heterocycles. The number of aliphatic hydroxyl groups excluding tert-OH is 1. The van der Waals surface area contributed by atoms with Crippen LogP contribution in [0.5, 0.6) is 0 Å². The summed E-state index contributed by atoms with van der Waals surface area (Å²) in [4.78, 5) is 21.5. The monoisotopic (exact) mass is 419 g/mol. The second-order valence-electron chi connectivity index (χ2n) is 8.01. The van der Waals surface area contributed by atoms with Crippen LogP contribution in [-0.4, -0.2) is 33.1 Å². The van der Waals surface area contributed by atoms with Gasteiger partial charge in [0.25, 0.3) is 5.91 Å². The van der Waals surface area contributed by atoms with Gasteiger partial charge in [-0.25, -0.2) is 4.39 Å². The van der Waals surface area contributed by atoms with Gasteiger partial charge in [-0.15, -0.1) is 0 Å². The summed E-state index contributed by atoms with van der Waals surface area (Å²) >= 11 is 0. The molecule has 2 atom stereocenters. The Morgan fingerprint density at radius 3 is 2.55 bits per heavy atom. The highest BCUT2D eigenvalue weighted by Gasteiger charge is 2.25. The minimum atomic E-state index is -0.512. The highest BCUT2D eigenvalue weighted by Crippen LogP contribution is 2.26. The number of aromatic nitrogens is 2. The van der Waals surface area contributed by atoms with Crippen molar-refractivity contribution in [1.82, 2.24) is 15.3 Å². The first-order chi connectivity index (χ1) is 15.1. The molecule has 0 saturated heterocycles. The van der Waals surface area contributed by atoms with Crippen molar-refractivity contribution >= 4 is 5.91 Å². The molecule has 1 aliphatic rings. The number of aliphatic hydroxyl groups is 1. The Bertz CT molecular complexity index is 1020. The molecule has 0 spiro atoms. The smallest absolute Gasteiger partial charge is 0.253 e. The Kier molecular flexibility index (Phi) is 6.67. The highest BCUT2D eigenvalue weighted by atomic mass is 19.1. The Morgan fingerprint density at radius 2 is 1.81 bits per heavy atom. The largest absolute Gasteiger partial charge is 0.391 e. The third-order valence-electron chi connectivity index (χ3n) is 5.83. The number of hydrogen-bond donors (Lipinski definition) is 2. The normalized spacial score (nSPS) is 18.5. The molecule has 5 nitrogen and oxygen atoms in total. The number of benzene rings is 1. The van der Waals surface area contributed by atoms with Crippen molar-refractivity contribution in [3.63, 3.8) is 0 Å². The molecule has 2 unspecified atom stereocenters. The molecule has 2 N–H and O–H groups in total. The maximum atomic E-state index is 13.5. The summed E-state index contributed by atoms with van der Waals surface area (Å²) in [5, 5.41) is 13.1. The first kappa shape index (κ1) is 21.1. The summed E-state index contributed by atoms with van der Waals surface area (Å²) in [5.41, 5.74) is 4.05. The summed E-state index contributed by atoms with van der Waals surface area (Å²) in [7, 11) is 0. The molecule has 2 aromatic heterocycles. The van der Waals surface area contributed by atoms with E-state index < -0.39 is 6.10 Å². The molecular weight excluding hydrogens is 393 g/mol. The lowest BCUT2D eigenvalue weighted by atomic mass is 9.92. The van der Waals surface area contributed by atoms with Crippen LogP contribution in [-0.2, 0) is 12.8 Å². The number of nitrogens with one attached hydrogen (secondary N) is 1. The number of carbonyl (C=O) groups is 1. The van der Waals surface area contributed by atoms with Crippen LogP contribution in [0.3, 0.4) is 0 Å². The van der Waals surface area contributed by atoms with E-state index in [0.717, 1.165) is 48.1 Å². The first-order valence-corrected chi connectivity index (χ1v) is 10.7. The number of pyridine rings is 2. The number of aryl methyl sites for hydroxylation is 2. The van der Waals surface area contributed by atoms with Gasteiger partial charge in [-0.1, -0.05) is 25.0 Å². The van der Waals surface area contributed by atoms with Crippen molar-refractivity contribution in [2.45, 2.75) is 50.7 Å². The van der Waals surface area contributed by atoms with Gasteiger partial charge in [-0.05, 0) is 67.1 Å². The Labute approximate surface area is 181 Å². The maximum Gasteiger partial charge on any atom is 0.253 e. The summed E-state index contributed by atoms with van der Waals surface area (Å²) in [6, 6.07) is 11.7. The standard InChI is InChI=1S/C25H26FN3O2/c26-20-8-6-18(7-9-20)21-15-19(25(31)29-23-3-1-2-4-24(23)30)16-28-22(21)10-5-17-11-13-27-14-12-17/h6-9,11-16,23-24,30H,1-5,10H2,(H,29,31). The van der Waals surface area contributed by atoms with E-state index in [2.05, 4.69) is 15.3 Å². The molecule has 160 valence electrons. The lowest BCUT2D eigenvalue weighted by Crippen LogP contribution is -2.45. The van der Waals surface area contributed by atoms with E-state index in [-0.39, 0.29) is 17.8 Å². The van der Waals surface area contributed by atoms with E-state index in [4.69, 9.17) is 0 Å². The summed E-state index contributed by atoms with van der Waals surface area (Å²) < 4.78 is 13.5. The van der Waals surface area contributed by atoms with Gasteiger partial charge in [0.1, 0.15) is 5.82 Å². The van der Waals surface area contributed by atoms with Gasteiger partial charge in [0.2, 0.25) is 0 Å². The van der Waals surface area contributed by atoms with E-state index >= 15 is 0 Å². The maximum absolute atomic E-state index is 13.5. The Morgan fingerprint density at radius 1 is 1.06 bits per heavy atom. The van der Waals surface area contributed by atoms with Gasteiger partial charge >= 0.3 is 0 Å². The lowest BCUT2D eigenvalue weighted by Gasteiger charge is -2.28. The van der Waals surface area contributed by atoms with Crippen molar-refractivity contribution < 1.29 is 14.3 Å². The van der Waals surface area contributed by atoms with Crippen molar-refractivity contribution in [3.8, 4) is 11.1 Å². The second-order valence-corrected chi connectivity index (χ2v) is 8.01. The van der Waals surface area contributed by atoms with Gasteiger partial charge < -0.3 is 10.4 Å². The van der Waals surface area contributed by atoms with Crippen LogP contribution < -0.4 is 5.32 Å². The fraction of sp³-hybridized carbons (Fsp3) is 0.320. The van der Waals surface area contributed by atoms with Crippen LogP contribution in [0.1, 0.15) is 47.3 Å². The predicted molar refractivity (Wildman–Crippen MR) is 117 cm³/mol. The van der Waals surface area contributed by atoms with E-state index in [0.29, 0.717) is 18.4 Å². The minimum absolute atomic E-state index is 0.234. The SMILES string of the molecule is O=C(NC1CCCCC1O)c1cnc(CCc2ccncc2)c(-c2ccc(F)cc2)c1. The number of halogens is 1. The number of rotatable bonds is 6. The van der Waals surface area contributed by atoms with Gasteiger partial charge in [0, 0.05) is 29.8 Å². The Hall–Kier alpha value is -3.12. The van der Waals surface area contributed by atoms with Crippen molar-refractivity contribution in [2.75, 3.05) is 0 Å². The quantitative estimate of drug-likeness (QED) is 0.631. The van der Waals surface area contributed by atoms with E-state index in [1.165, 1.54) is 12.1 Å². The van der Waals surface area contributed by atoms with Crippen LogP contribution in [0.4, 0.5) is 4.39 Å². The summed E-state index contributed by atoms with van der Waals surface area (Å²) in [6.45, 7) is 0. The second kappa shape index (κ2) is 9.79. The van der Waals surface area contributed by atoms with Gasteiger partial charge in [0.15, 0.2) is 0 Å². The third kappa shape index (κ3) is 5.33. The van der Waals surface area contributed by atoms with E-state index in [1.807, 2.05) is 18.2 Å². The minimum Gasteiger partial charge on any atom is -0.391 e. The third-order valence-corrected chi connectivity index (χ3v) is 5.83. The van der Waals surface area contributed by atoms with E-state index in [1.54, 1.807) is 30.7 Å². The zero-order valence-corrected chi connectivity index (χ0v) is 17.3. The molecule has 0 radical (unpaired) electrons. The van der Waals surface area contributed by atoms with Crippen LogP contribution in [0.2, 0.25) is 0 Å². The fourth-order valence-electron chi connectivity index (χ4n) is 4.04. The Balaban J connectivity index is 1.59. The number of nitrogens with zero attached hydrogens (tertiary/aromatic N) is 2. The van der Waals surface area contributed by atoms with Crippen LogP contribution in [0.25, 0.3) is 11.1 Å². The molecule has 4 rings (SSSR count). The van der Waals surface area contributed by atoms with Crippen LogP contribution in [0, 0.1) is 5.82 Å². The first-order valence-electron chi connectivity index (χ1n) is 10.7. The molecule has 3 aromatic rings. The lowest BCUT2D eigenvalue weighted by molar-refractivity contribution is 0.0717. The predicted octanol–water partition coefficient (Wildman–Crippen LogP) is 4.10. The van der Waals surface area contributed by atoms with Crippen LogP contribution >= 0.6 is 0 Å². The number of amides is 1. The molecule has 1 fully saturated rings. The zero-order chi connectivity index (χ0) is 21.6. The van der Waals surface area contributed by atoms with Gasteiger partial charge in [0.05, 0.1) is 17.7 Å². The molecule has 1 amide bonds. The highest BCUT2D eigenvalue weighted by molar-refractivity contribution is 5.95. The molecular formula is C25H26FN3O2. The van der Waals surface area contributed by atoms with Crippen molar-refractivity contribution in [2.24, 2.45) is 0 Å². The van der Waals surface area contributed by atoms with Gasteiger partial charge in [-0.3, -0.25) is 14.8 Å². The molecule has 0 aliphatic heterocycles. The topological polar surface area (TPSA) is 75.1 Å². The summed E-state index contributed by atoms with van der Waals surface area (Å²) in [6.07, 6.45) is 9.51. The average molecular weight is 420 g/mol. The molecule has 1 aromatic carbocycles. The molecule has 6 heteroatoms. The average Bonchev–Trinajstić information content (AvgIpc) is 2.80.